The number of carbonyl (C=O) groups is 1. The number of rotatable bonds is 3. The van der Waals surface area contributed by atoms with Crippen LogP contribution in [-0.2, 0) is 4.79 Å². The molecule has 0 radical (unpaired) electrons. The molecule has 2 N–H and O–H groups in total. The van der Waals surface area contributed by atoms with Crippen molar-refractivity contribution in [3.8, 4) is 10.6 Å². The van der Waals surface area contributed by atoms with Gasteiger partial charge in [-0.1, -0.05) is 6.07 Å². The van der Waals surface area contributed by atoms with Gasteiger partial charge in [-0.3, -0.25) is 4.79 Å². The van der Waals surface area contributed by atoms with E-state index in [0.717, 1.165) is 41.2 Å². The maximum Gasteiger partial charge on any atom is 0.241 e. The monoisotopic (exact) mass is 337 g/mol. The number of nitrogens with zero attached hydrogens (tertiary/aromatic N) is 1. The summed E-state index contributed by atoms with van der Waals surface area (Å²) in [6.45, 7) is 3.02. The van der Waals surface area contributed by atoms with Crippen molar-refractivity contribution in [2.24, 2.45) is 0 Å². The molecule has 24 heavy (non-hydrogen) atoms. The normalized spacial score (nSPS) is 17.3. The quantitative estimate of drug-likeness (QED) is 0.760. The molecule has 4 rings (SSSR count). The molecule has 1 atom stereocenters. The number of hydrogen-bond donors (Lipinski definition) is 2. The number of nitrogens with one attached hydrogen (secondary N) is 2. The Hall–Kier alpha value is -2.24. The number of aromatic nitrogens is 1. The van der Waals surface area contributed by atoms with Crippen LogP contribution in [0.15, 0.2) is 42.5 Å². The Labute approximate surface area is 144 Å². The summed E-state index contributed by atoms with van der Waals surface area (Å²) >= 11 is 1.70. The van der Waals surface area contributed by atoms with Crippen molar-refractivity contribution in [3.05, 3.63) is 48.0 Å². The maximum atomic E-state index is 12.1. The van der Waals surface area contributed by atoms with E-state index in [0.29, 0.717) is 0 Å². The number of aryl methyl sites for hydroxylation is 1. The first-order chi connectivity index (χ1) is 11.7. The SMILES string of the molecule is Cc1ccc2nc(-c3ccc(NC(=O)[C@@H]4CCCN4)cc3)sc2c1. The van der Waals surface area contributed by atoms with Crippen molar-refractivity contribution < 1.29 is 4.79 Å². The standard InChI is InChI=1S/C19H19N3OS/c1-12-4-9-15-17(11-12)24-19(22-15)13-5-7-14(8-6-13)21-18(23)16-3-2-10-20-16/h4-9,11,16,20H,2-3,10H2,1H3,(H,21,23)/t16-/m0/s1. The first-order valence-electron chi connectivity index (χ1n) is 8.21. The fraction of sp³-hybridized carbons (Fsp3) is 0.263. The van der Waals surface area contributed by atoms with Crippen LogP contribution in [0.2, 0.25) is 0 Å². The van der Waals surface area contributed by atoms with Crippen molar-refractivity contribution >= 4 is 33.1 Å². The molecule has 0 saturated carbocycles. The highest BCUT2D eigenvalue weighted by Crippen LogP contribution is 2.31. The fourth-order valence-electron chi connectivity index (χ4n) is 2.99. The Morgan fingerprint density at radius 1 is 1.25 bits per heavy atom. The largest absolute Gasteiger partial charge is 0.325 e. The minimum absolute atomic E-state index is 0.0516. The van der Waals surface area contributed by atoms with Crippen molar-refractivity contribution in [1.82, 2.24) is 10.3 Å². The van der Waals surface area contributed by atoms with Crippen LogP contribution in [0, 0.1) is 6.92 Å². The second-order valence-electron chi connectivity index (χ2n) is 6.21. The molecule has 1 aliphatic rings. The maximum absolute atomic E-state index is 12.1. The second kappa shape index (κ2) is 6.34. The van der Waals surface area contributed by atoms with Gasteiger partial charge in [-0.05, 0) is 68.3 Å². The van der Waals surface area contributed by atoms with Crippen molar-refractivity contribution in [2.75, 3.05) is 11.9 Å². The Bertz CT molecular complexity index is 879. The molecule has 0 spiro atoms. The van der Waals surface area contributed by atoms with Gasteiger partial charge in [0.25, 0.3) is 0 Å². The molecule has 2 aromatic carbocycles. The van der Waals surface area contributed by atoms with Gasteiger partial charge in [0.2, 0.25) is 5.91 Å². The highest BCUT2D eigenvalue weighted by atomic mass is 32.1. The zero-order chi connectivity index (χ0) is 16.5. The summed E-state index contributed by atoms with van der Waals surface area (Å²) in [4.78, 5) is 16.8. The lowest BCUT2D eigenvalue weighted by Crippen LogP contribution is -2.35. The number of amides is 1. The minimum atomic E-state index is -0.0582. The molecule has 0 aliphatic carbocycles. The third kappa shape index (κ3) is 3.05. The number of benzene rings is 2. The summed E-state index contributed by atoms with van der Waals surface area (Å²) in [6.07, 6.45) is 1.98. The zero-order valence-electron chi connectivity index (χ0n) is 13.5. The lowest BCUT2D eigenvalue weighted by Gasteiger charge is -2.11. The minimum Gasteiger partial charge on any atom is -0.325 e. The molecule has 1 aromatic heterocycles. The second-order valence-corrected chi connectivity index (χ2v) is 7.24. The molecule has 0 bridgehead atoms. The molecule has 0 unspecified atom stereocenters. The van der Waals surface area contributed by atoms with Crippen LogP contribution in [0.3, 0.4) is 0 Å². The van der Waals surface area contributed by atoms with Gasteiger partial charge in [0, 0.05) is 11.3 Å². The summed E-state index contributed by atoms with van der Waals surface area (Å²) in [5.41, 5.74) is 4.18. The van der Waals surface area contributed by atoms with Gasteiger partial charge in [-0.2, -0.15) is 0 Å². The summed E-state index contributed by atoms with van der Waals surface area (Å²) in [5, 5.41) is 7.20. The average Bonchev–Trinajstić information content (AvgIpc) is 3.24. The number of hydrogen-bond acceptors (Lipinski definition) is 4. The van der Waals surface area contributed by atoms with E-state index >= 15 is 0 Å². The van der Waals surface area contributed by atoms with E-state index in [4.69, 9.17) is 4.98 Å². The highest BCUT2D eigenvalue weighted by Gasteiger charge is 2.21. The molecule has 2 heterocycles. The zero-order valence-corrected chi connectivity index (χ0v) is 14.3. The Balaban J connectivity index is 1.53. The average molecular weight is 337 g/mol. The van der Waals surface area contributed by atoms with Crippen LogP contribution in [0.25, 0.3) is 20.8 Å². The third-order valence-electron chi connectivity index (χ3n) is 4.32. The first-order valence-corrected chi connectivity index (χ1v) is 9.02. The number of fused-ring (bicyclic) bond motifs is 1. The number of anilines is 1. The van der Waals surface area contributed by atoms with E-state index in [1.54, 1.807) is 11.3 Å². The lowest BCUT2D eigenvalue weighted by atomic mass is 10.2. The number of thiazole rings is 1. The molecule has 1 saturated heterocycles. The summed E-state index contributed by atoms with van der Waals surface area (Å²) < 4.78 is 1.20. The highest BCUT2D eigenvalue weighted by molar-refractivity contribution is 7.21. The molecule has 5 heteroatoms. The van der Waals surface area contributed by atoms with E-state index < -0.39 is 0 Å². The predicted octanol–water partition coefficient (Wildman–Crippen LogP) is 3.96. The van der Waals surface area contributed by atoms with E-state index in [2.05, 4.69) is 35.8 Å². The molecule has 1 fully saturated rings. The van der Waals surface area contributed by atoms with Crippen LogP contribution in [0.4, 0.5) is 5.69 Å². The van der Waals surface area contributed by atoms with Crippen LogP contribution in [-0.4, -0.2) is 23.5 Å². The topological polar surface area (TPSA) is 54.0 Å². The van der Waals surface area contributed by atoms with Crippen molar-refractivity contribution in [2.45, 2.75) is 25.8 Å². The van der Waals surface area contributed by atoms with Gasteiger partial charge in [0.1, 0.15) is 5.01 Å². The van der Waals surface area contributed by atoms with E-state index in [1.165, 1.54) is 10.3 Å². The van der Waals surface area contributed by atoms with Crippen molar-refractivity contribution in [3.63, 3.8) is 0 Å². The van der Waals surface area contributed by atoms with Crippen molar-refractivity contribution in [1.29, 1.82) is 0 Å². The first kappa shape index (κ1) is 15.3. The van der Waals surface area contributed by atoms with Crippen LogP contribution >= 0.6 is 11.3 Å². The van der Waals surface area contributed by atoms with Gasteiger partial charge in [-0.25, -0.2) is 4.98 Å². The van der Waals surface area contributed by atoms with Crippen LogP contribution < -0.4 is 10.6 Å². The Morgan fingerprint density at radius 2 is 2.08 bits per heavy atom. The fourth-order valence-corrected chi connectivity index (χ4v) is 4.06. The Kier molecular flexibility index (Phi) is 4.04. The van der Waals surface area contributed by atoms with Gasteiger partial charge >= 0.3 is 0 Å². The third-order valence-corrected chi connectivity index (χ3v) is 5.39. The Morgan fingerprint density at radius 3 is 2.83 bits per heavy atom. The smallest absolute Gasteiger partial charge is 0.241 e. The predicted molar refractivity (Wildman–Crippen MR) is 99.4 cm³/mol. The molecular formula is C19H19N3OS. The van der Waals surface area contributed by atoms with Gasteiger partial charge in [0.05, 0.1) is 16.3 Å². The molecular weight excluding hydrogens is 318 g/mol. The number of carbonyl (C=O) groups excluding carboxylic acids is 1. The summed E-state index contributed by atoms with van der Waals surface area (Å²) in [5.74, 6) is 0.0516. The summed E-state index contributed by atoms with van der Waals surface area (Å²) in [6, 6.07) is 14.2. The van der Waals surface area contributed by atoms with Crippen LogP contribution in [0.1, 0.15) is 18.4 Å². The van der Waals surface area contributed by atoms with E-state index in [9.17, 15) is 4.79 Å². The molecule has 4 nitrogen and oxygen atoms in total. The lowest BCUT2D eigenvalue weighted by molar-refractivity contribution is -0.117. The molecule has 122 valence electrons. The van der Waals surface area contributed by atoms with Crippen LogP contribution in [0.5, 0.6) is 0 Å². The van der Waals surface area contributed by atoms with E-state index in [-0.39, 0.29) is 11.9 Å². The molecule has 1 aliphatic heterocycles. The molecule has 1 amide bonds. The van der Waals surface area contributed by atoms with Gasteiger partial charge in [-0.15, -0.1) is 11.3 Å². The van der Waals surface area contributed by atoms with Gasteiger partial charge in [0.15, 0.2) is 0 Å². The van der Waals surface area contributed by atoms with Gasteiger partial charge < -0.3 is 10.6 Å². The van der Waals surface area contributed by atoms with E-state index in [1.807, 2.05) is 24.3 Å². The molecule has 3 aromatic rings. The summed E-state index contributed by atoms with van der Waals surface area (Å²) in [7, 11) is 0.